The Labute approximate surface area is 137 Å². The van der Waals surface area contributed by atoms with Gasteiger partial charge in [0.25, 0.3) is 0 Å². The van der Waals surface area contributed by atoms with Gasteiger partial charge < -0.3 is 0 Å². The molecule has 118 valence electrons. The number of hydrogen-bond donors (Lipinski definition) is 0. The van der Waals surface area contributed by atoms with Crippen molar-refractivity contribution in [2.75, 3.05) is 0 Å². The van der Waals surface area contributed by atoms with E-state index in [1.807, 2.05) is 12.1 Å². The first-order chi connectivity index (χ1) is 10.3. The summed E-state index contributed by atoms with van der Waals surface area (Å²) >= 11 is 3.38. The fraction of sp³-hybridized carbons (Fsp3) is 0.667. The molecule has 0 unspecified atom stereocenters. The zero-order chi connectivity index (χ0) is 15.3. The molecule has 0 bridgehead atoms. The Morgan fingerprint density at radius 1 is 1.00 bits per heavy atom. The van der Waals surface area contributed by atoms with E-state index in [1.165, 1.54) is 51.4 Å². The van der Waals surface area contributed by atoms with Crippen LogP contribution in [-0.4, -0.2) is 10.8 Å². The fourth-order valence-corrected chi connectivity index (χ4v) is 2.96. The Hall–Kier alpha value is -0.700. The summed E-state index contributed by atoms with van der Waals surface area (Å²) < 4.78 is 0.807. The second kappa shape index (κ2) is 11.9. The second-order valence-corrected chi connectivity index (χ2v) is 6.54. The largest absolute Gasteiger partial charge is 0.292 e. The molecule has 0 saturated heterocycles. The van der Waals surface area contributed by atoms with Crippen molar-refractivity contribution in [2.24, 2.45) is 0 Å². The highest BCUT2D eigenvalue weighted by Gasteiger charge is 2.10. The van der Waals surface area contributed by atoms with Gasteiger partial charge in [-0.2, -0.15) is 0 Å². The first kappa shape index (κ1) is 18.3. The van der Waals surface area contributed by atoms with Crippen LogP contribution in [0.2, 0.25) is 0 Å². The molecule has 0 fully saturated rings. The lowest BCUT2D eigenvalue weighted by molar-refractivity contribution is 0.0973. The van der Waals surface area contributed by atoms with Gasteiger partial charge in [0.2, 0.25) is 0 Å². The molecular formula is C18H28BrNO. The number of Topliss-reactive ketones (excluding diaryl/α,β-unsaturated/α-hetero) is 1. The molecule has 0 spiro atoms. The van der Waals surface area contributed by atoms with Crippen LogP contribution in [0.15, 0.2) is 22.8 Å². The lowest BCUT2D eigenvalue weighted by Gasteiger charge is -2.03. The van der Waals surface area contributed by atoms with E-state index in [2.05, 4.69) is 27.8 Å². The van der Waals surface area contributed by atoms with Crippen molar-refractivity contribution >= 4 is 21.7 Å². The predicted octanol–water partition coefficient (Wildman–Crippen LogP) is 6.34. The summed E-state index contributed by atoms with van der Waals surface area (Å²) in [5, 5.41) is 0. The zero-order valence-electron chi connectivity index (χ0n) is 13.2. The number of halogens is 1. The zero-order valence-corrected chi connectivity index (χ0v) is 14.8. The average Bonchev–Trinajstić information content (AvgIpc) is 2.49. The van der Waals surface area contributed by atoms with E-state index >= 15 is 0 Å². The lowest BCUT2D eigenvalue weighted by atomic mass is 10.0. The number of nitrogens with zero attached hydrogens (tertiary/aromatic N) is 1. The highest BCUT2D eigenvalue weighted by atomic mass is 79.9. The molecule has 0 atom stereocenters. The molecule has 0 aliphatic rings. The van der Waals surface area contributed by atoms with E-state index in [-0.39, 0.29) is 5.78 Å². The van der Waals surface area contributed by atoms with E-state index in [4.69, 9.17) is 0 Å². The highest BCUT2D eigenvalue weighted by molar-refractivity contribution is 9.10. The summed E-state index contributed by atoms with van der Waals surface area (Å²) in [6.45, 7) is 2.25. The minimum absolute atomic E-state index is 0.155. The van der Waals surface area contributed by atoms with E-state index in [9.17, 15) is 4.79 Å². The molecule has 0 aliphatic heterocycles. The van der Waals surface area contributed by atoms with Crippen LogP contribution in [-0.2, 0) is 0 Å². The second-order valence-electron chi connectivity index (χ2n) is 5.69. The molecule has 0 saturated carbocycles. The Morgan fingerprint density at radius 2 is 1.57 bits per heavy atom. The molecular weight excluding hydrogens is 326 g/mol. The smallest absolute Gasteiger partial charge is 0.182 e. The van der Waals surface area contributed by atoms with Crippen LogP contribution < -0.4 is 0 Å². The third-order valence-corrected chi connectivity index (χ3v) is 4.42. The normalized spacial score (nSPS) is 10.8. The van der Waals surface area contributed by atoms with Crippen LogP contribution in [0.3, 0.4) is 0 Å². The van der Waals surface area contributed by atoms with Gasteiger partial charge in [-0.25, -0.2) is 0 Å². The van der Waals surface area contributed by atoms with Crippen molar-refractivity contribution in [3.05, 3.63) is 28.5 Å². The number of unbranched alkanes of at least 4 members (excludes halogenated alkanes) is 9. The summed E-state index contributed by atoms with van der Waals surface area (Å²) in [6, 6.07) is 3.71. The number of carbonyl (C=O) groups is 1. The summed E-state index contributed by atoms with van der Waals surface area (Å²) in [7, 11) is 0. The van der Waals surface area contributed by atoms with Crippen molar-refractivity contribution in [1.29, 1.82) is 0 Å². The average molecular weight is 354 g/mol. The maximum atomic E-state index is 12.0. The topological polar surface area (TPSA) is 30.0 Å². The maximum absolute atomic E-state index is 12.0. The Morgan fingerprint density at radius 3 is 2.14 bits per heavy atom. The molecule has 3 heteroatoms. The van der Waals surface area contributed by atoms with Crippen LogP contribution in [0.1, 0.15) is 88.0 Å². The Bertz CT molecular complexity index is 406. The minimum Gasteiger partial charge on any atom is -0.292 e. The van der Waals surface area contributed by atoms with Gasteiger partial charge in [-0.1, -0.05) is 64.7 Å². The van der Waals surface area contributed by atoms with Crippen molar-refractivity contribution in [2.45, 2.75) is 77.6 Å². The summed E-state index contributed by atoms with van der Waals surface area (Å²) in [5.74, 6) is 0.155. The standard InChI is InChI=1S/C18H28BrNO/c1-2-3-4-5-6-7-8-9-10-11-14-17(21)18-16(19)13-12-15-20-18/h12-13,15H,2-11,14H2,1H3. The van der Waals surface area contributed by atoms with Gasteiger partial charge >= 0.3 is 0 Å². The summed E-state index contributed by atoms with van der Waals surface area (Å²) in [5.41, 5.74) is 0.577. The Kier molecular flexibility index (Phi) is 10.4. The van der Waals surface area contributed by atoms with Crippen molar-refractivity contribution < 1.29 is 4.79 Å². The van der Waals surface area contributed by atoms with Crippen molar-refractivity contribution in [3.63, 3.8) is 0 Å². The number of hydrogen-bond acceptors (Lipinski definition) is 2. The fourth-order valence-electron chi connectivity index (χ4n) is 2.48. The maximum Gasteiger partial charge on any atom is 0.182 e. The highest BCUT2D eigenvalue weighted by Crippen LogP contribution is 2.17. The van der Waals surface area contributed by atoms with Gasteiger partial charge in [0.05, 0.1) is 0 Å². The van der Waals surface area contributed by atoms with E-state index in [0.29, 0.717) is 12.1 Å². The molecule has 0 radical (unpaired) electrons. The SMILES string of the molecule is CCCCCCCCCCCCC(=O)c1ncccc1Br. The van der Waals surface area contributed by atoms with Crippen LogP contribution in [0.25, 0.3) is 0 Å². The molecule has 1 rings (SSSR count). The minimum atomic E-state index is 0.155. The van der Waals surface area contributed by atoms with Gasteiger partial charge in [-0.3, -0.25) is 9.78 Å². The number of carbonyl (C=O) groups excluding carboxylic acids is 1. The van der Waals surface area contributed by atoms with E-state index in [0.717, 1.165) is 17.3 Å². The number of aromatic nitrogens is 1. The van der Waals surface area contributed by atoms with Crippen LogP contribution >= 0.6 is 15.9 Å². The molecule has 0 aliphatic carbocycles. The summed E-state index contributed by atoms with van der Waals surface area (Å²) in [6.07, 6.45) is 15.2. The molecule has 1 heterocycles. The lowest BCUT2D eigenvalue weighted by Crippen LogP contribution is -2.02. The first-order valence-electron chi connectivity index (χ1n) is 8.39. The van der Waals surface area contributed by atoms with E-state index < -0.39 is 0 Å². The van der Waals surface area contributed by atoms with Gasteiger partial charge in [0.15, 0.2) is 5.78 Å². The molecule has 1 aromatic heterocycles. The van der Waals surface area contributed by atoms with Crippen molar-refractivity contribution in [1.82, 2.24) is 4.98 Å². The van der Waals surface area contributed by atoms with Gasteiger partial charge in [-0.15, -0.1) is 0 Å². The Balaban J connectivity index is 1.99. The van der Waals surface area contributed by atoms with Gasteiger partial charge in [0, 0.05) is 17.1 Å². The third kappa shape index (κ3) is 8.35. The quantitative estimate of drug-likeness (QED) is 0.324. The third-order valence-electron chi connectivity index (χ3n) is 3.78. The van der Waals surface area contributed by atoms with Crippen LogP contribution in [0, 0.1) is 0 Å². The molecule has 0 N–H and O–H groups in total. The van der Waals surface area contributed by atoms with E-state index in [1.54, 1.807) is 6.20 Å². The number of ketones is 1. The van der Waals surface area contributed by atoms with Crippen LogP contribution in [0.5, 0.6) is 0 Å². The van der Waals surface area contributed by atoms with Gasteiger partial charge in [0.1, 0.15) is 5.69 Å². The molecule has 0 amide bonds. The molecule has 21 heavy (non-hydrogen) atoms. The first-order valence-corrected chi connectivity index (χ1v) is 9.18. The van der Waals surface area contributed by atoms with Crippen LogP contribution in [0.4, 0.5) is 0 Å². The predicted molar refractivity (Wildman–Crippen MR) is 92.7 cm³/mol. The number of pyridine rings is 1. The monoisotopic (exact) mass is 353 g/mol. The summed E-state index contributed by atoms with van der Waals surface area (Å²) in [4.78, 5) is 16.2. The molecule has 2 nitrogen and oxygen atoms in total. The number of rotatable bonds is 12. The molecule has 0 aromatic carbocycles. The van der Waals surface area contributed by atoms with Gasteiger partial charge in [-0.05, 0) is 34.5 Å². The van der Waals surface area contributed by atoms with Crippen molar-refractivity contribution in [3.8, 4) is 0 Å². The molecule has 1 aromatic rings.